The summed E-state index contributed by atoms with van der Waals surface area (Å²) >= 11 is 3.32. The van der Waals surface area contributed by atoms with Crippen molar-refractivity contribution < 1.29 is 14.3 Å². The van der Waals surface area contributed by atoms with Crippen LogP contribution < -0.4 is 10.1 Å². The van der Waals surface area contributed by atoms with Crippen LogP contribution >= 0.6 is 15.9 Å². The van der Waals surface area contributed by atoms with Crippen LogP contribution in [0, 0.1) is 0 Å². The van der Waals surface area contributed by atoms with E-state index in [1.807, 2.05) is 6.07 Å². The smallest absolute Gasteiger partial charge is 0.250 e. The van der Waals surface area contributed by atoms with Crippen molar-refractivity contribution in [3.63, 3.8) is 0 Å². The summed E-state index contributed by atoms with van der Waals surface area (Å²) in [4.78, 5) is 11.3. The minimum absolute atomic E-state index is 0.0270. The summed E-state index contributed by atoms with van der Waals surface area (Å²) in [5.74, 6) is 0.395. The Morgan fingerprint density at radius 3 is 2.80 bits per heavy atom. The van der Waals surface area contributed by atoms with Gasteiger partial charge in [-0.25, -0.2) is 0 Å². The van der Waals surface area contributed by atoms with Crippen molar-refractivity contribution in [3.05, 3.63) is 22.7 Å². The second-order valence-corrected chi connectivity index (χ2v) is 3.74. The predicted molar refractivity (Wildman–Crippen MR) is 61.2 cm³/mol. The third kappa shape index (κ3) is 3.53. The normalized spacial score (nSPS) is 9.80. The van der Waals surface area contributed by atoms with E-state index in [4.69, 9.17) is 9.47 Å². The predicted octanol–water partition coefficient (Wildman–Crippen LogP) is 2.04. The molecule has 0 bridgehead atoms. The van der Waals surface area contributed by atoms with Crippen molar-refractivity contribution >= 4 is 27.5 Å². The highest BCUT2D eigenvalue weighted by molar-refractivity contribution is 9.10. The monoisotopic (exact) mass is 273 g/mol. The molecule has 0 saturated carbocycles. The van der Waals surface area contributed by atoms with E-state index >= 15 is 0 Å². The molecule has 0 atom stereocenters. The number of carbonyl (C=O) groups excluding carboxylic acids is 1. The molecule has 0 unspecified atom stereocenters. The van der Waals surface area contributed by atoms with Crippen LogP contribution in [0.15, 0.2) is 22.7 Å². The number of halogens is 1. The Morgan fingerprint density at radius 2 is 2.20 bits per heavy atom. The molecule has 1 N–H and O–H groups in total. The van der Waals surface area contributed by atoms with Gasteiger partial charge >= 0.3 is 0 Å². The zero-order valence-electron chi connectivity index (χ0n) is 8.54. The molecule has 0 fully saturated rings. The van der Waals surface area contributed by atoms with Gasteiger partial charge in [-0.2, -0.15) is 0 Å². The fraction of sp³-hybridized carbons (Fsp3) is 0.300. The molecule has 0 aliphatic carbocycles. The number of anilines is 1. The van der Waals surface area contributed by atoms with E-state index in [9.17, 15) is 4.79 Å². The minimum Gasteiger partial charge on any atom is -0.495 e. The zero-order valence-corrected chi connectivity index (χ0v) is 10.1. The number of ether oxygens (including phenoxy) is 2. The number of rotatable bonds is 4. The van der Waals surface area contributed by atoms with Crippen LogP contribution in [0.3, 0.4) is 0 Å². The minimum atomic E-state index is -0.210. The Hall–Kier alpha value is -1.07. The molecule has 1 amide bonds. The number of carbonyl (C=O) groups is 1. The Bertz CT molecular complexity index is 355. The van der Waals surface area contributed by atoms with Gasteiger partial charge in [0.2, 0.25) is 5.91 Å². The summed E-state index contributed by atoms with van der Waals surface area (Å²) in [7, 11) is 3.02. The average molecular weight is 274 g/mol. The van der Waals surface area contributed by atoms with E-state index in [1.54, 1.807) is 19.2 Å². The number of amides is 1. The molecule has 0 aliphatic rings. The molecule has 0 heterocycles. The van der Waals surface area contributed by atoms with E-state index in [1.165, 1.54) is 7.11 Å². The number of benzene rings is 1. The highest BCUT2D eigenvalue weighted by atomic mass is 79.9. The van der Waals surface area contributed by atoms with Crippen molar-refractivity contribution in [2.45, 2.75) is 0 Å². The first-order valence-electron chi connectivity index (χ1n) is 4.29. The van der Waals surface area contributed by atoms with Crippen molar-refractivity contribution in [3.8, 4) is 5.75 Å². The largest absolute Gasteiger partial charge is 0.495 e. The Labute approximate surface area is 96.7 Å². The summed E-state index contributed by atoms with van der Waals surface area (Å²) in [6.07, 6.45) is 0. The molecule has 0 aliphatic heterocycles. The molecule has 5 heteroatoms. The first-order chi connectivity index (χ1) is 7.17. The maximum atomic E-state index is 11.3. The number of hydrogen-bond donors (Lipinski definition) is 1. The molecule has 1 aromatic rings. The van der Waals surface area contributed by atoms with Crippen molar-refractivity contribution in [1.82, 2.24) is 0 Å². The van der Waals surface area contributed by atoms with Gasteiger partial charge in [0.05, 0.1) is 12.8 Å². The van der Waals surface area contributed by atoms with Crippen LogP contribution in [0.4, 0.5) is 5.69 Å². The van der Waals surface area contributed by atoms with E-state index in [-0.39, 0.29) is 12.5 Å². The lowest BCUT2D eigenvalue weighted by atomic mass is 10.3. The van der Waals surface area contributed by atoms with Gasteiger partial charge in [0.1, 0.15) is 12.4 Å². The fourth-order valence-electron chi connectivity index (χ4n) is 1.09. The SMILES string of the molecule is COCC(=O)Nc1ccc(Br)cc1OC. The Balaban J connectivity index is 2.80. The Kier molecular flexibility index (Phi) is 4.58. The molecular formula is C10H12BrNO3. The summed E-state index contributed by atoms with van der Waals surface area (Å²) in [5, 5.41) is 2.68. The third-order valence-corrected chi connectivity index (χ3v) is 2.21. The topological polar surface area (TPSA) is 47.6 Å². The van der Waals surface area contributed by atoms with E-state index in [2.05, 4.69) is 21.2 Å². The summed E-state index contributed by atoms with van der Waals surface area (Å²) in [6, 6.07) is 5.36. The van der Waals surface area contributed by atoms with Crippen molar-refractivity contribution in [2.75, 3.05) is 26.1 Å². The van der Waals surface area contributed by atoms with E-state index < -0.39 is 0 Å². The first-order valence-corrected chi connectivity index (χ1v) is 5.09. The van der Waals surface area contributed by atoms with E-state index in [0.29, 0.717) is 11.4 Å². The lowest BCUT2D eigenvalue weighted by molar-refractivity contribution is -0.119. The number of nitrogens with one attached hydrogen (secondary N) is 1. The molecular weight excluding hydrogens is 262 g/mol. The number of methoxy groups -OCH3 is 2. The van der Waals surface area contributed by atoms with Crippen LogP contribution in [0.2, 0.25) is 0 Å². The highest BCUT2D eigenvalue weighted by Crippen LogP contribution is 2.27. The second kappa shape index (κ2) is 5.72. The summed E-state index contributed by atoms with van der Waals surface area (Å²) in [5.41, 5.74) is 0.628. The van der Waals surface area contributed by atoms with Crippen LogP contribution in [-0.2, 0) is 9.53 Å². The zero-order chi connectivity index (χ0) is 11.3. The van der Waals surface area contributed by atoms with Gasteiger partial charge in [-0.3, -0.25) is 4.79 Å². The van der Waals surface area contributed by atoms with E-state index in [0.717, 1.165) is 4.47 Å². The molecule has 1 aromatic carbocycles. The molecule has 1 rings (SSSR count). The van der Waals surface area contributed by atoms with Crippen LogP contribution in [0.25, 0.3) is 0 Å². The molecule has 0 saturated heterocycles. The molecule has 0 aromatic heterocycles. The molecule has 0 spiro atoms. The van der Waals surface area contributed by atoms with Crippen LogP contribution in [0.1, 0.15) is 0 Å². The summed E-state index contributed by atoms with van der Waals surface area (Å²) < 4.78 is 10.7. The maximum absolute atomic E-state index is 11.3. The Morgan fingerprint density at radius 1 is 1.47 bits per heavy atom. The van der Waals surface area contributed by atoms with Gasteiger partial charge in [-0.15, -0.1) is 0 Å². The second-order valence-electron chi connectivity index (χ2n) is 2.83. The number of hydrogen-bond acceptors (Lipinski definition) is 3. The molecule has 82 valence electrons. The van der Waals surface area contributed by atoms with Gasteiger partial charge in [0, 0.05) is 11.6 Å². The van der Waals surface area contributed by atoms with Gasteiger partial charge in [-0.1, -0.05) is 15.9 Å². The first kappa shape index (κ1) is 12.0. The maximum Gasteiger partial charge on any atom is 0.250 e. The summed E-state index contributed by atoms with van der Waals surface area (Å²) in [6.45, 7) is 0.0270. The lowest BCUT2D eigenvalue weighted by Gasteiger charge is -2.09. The van der Waals surface area contributed by atoms with Gasteiger partial charge in [0.25, 0.3) is 0 Å². The molecule has 15 heavy (non-hydrogen) atoms. The third-order valence-electron chi connectivity index (χ3n) is 1.71. The van der Waals surface area contributed by atoms with Gasteiger partial charge in [0.15, 0.2) is 0 Å². The highest BCUT2D eigenvalue weighted by Gasteiger charge is 2.07. The molecule has 4 nitrogen and oxygen atoms in total. The lowest BCUT2D eigenvalue weighted by Crippen LogP contribution is -2.17. The van der Waals surface area contributed by atoms with Crippen molar-refractivity contribution in [2.24, 2.45) is 0 Å². The van der Waals surface area contributed by atoms with Gasteiger partial charge < -0.3 is 14.8 Å². The molecule has 0 radical (unpaired) electrons. The standard InChI is InChI=1S/C10H12BrNO3/c1-14-6-10(13)12-8-4-3-7(11)5-9(8)15-2/h3-5H,6H2,1-2H3,(H,12,13). The average Bonchev–Trinajstić information content (AvgIpc) is 2.21. The quantitative estimate of drug-likeness (QED) is 0.914. The van der Waals surface area contributed by atoms with Gasteiger partial charge in [-0.05, 0) is 18.2 Å². The van der Waals surface area contributed by atoms with Crippen LogP contribution in [0.5, 0.6) is 5.75 Å². The van der Waals surface area contributed by atoms with Crippen molar-refractivity contribution in [1.29, 1.82) is 0 Å². The fourth-order valence-corrected chi connectivity index (χ4v) is 1.43. The van der Waals surface area contributed by atoms with Crippen LogP contribution in [-0.4, -0.2) is 26.7 Å².